The zero-order valence-corrected chi connectivity index (χ0v) is 21.9. The van der Waals surface area contributed by atoms with E-state index in [9.17, 15) is 25.7 Å². The Balaban J connectivity index is 1.88. The van der Waals surface area contributed by atoms with Crippen molar-refractivity contribution in [3.63, 3.8) is 0 Å². The van der Waals surface area contributed by atoms with Crippen molar-refractivity contribution in [2.75, 3.05) is 48.3 Å². The highest BCUT2D eigenvalue weighted by molar-refractivity contribution is 5.95. The Labute approximate surface area is 222 Å². The third-order valence-electron chi connectivity index (χ3n) is 7.66. The number of aliphatic hydroxyl groups excluding tert-OH is 1. The van der Waals surface area contributed by atoms with Crippen molar-refractivity contribution in [2.45, 2.75) is 46.1 Å². The monoisotopic (exact) mass is 518 g/mol. The molecule has 0 atom stereocenters. The zero-order valence-electron chi connectivity index (χ0n) is 21.9. The van der Waals surface area contributed by atoms with E-state index in [-0.39, 0.29) is 46.4 Å². The average molecular weight is 519 g/mol. The molecule has 4 rings (SSSR count). The third kappa shape index (κ3) is 5.43. The summed E-state index contributed by atoms with van der Waals surface area (Å²) in [6.07, 6.45) is 5.52. The topological polar surface area (TPSA) is 161 Å². The minimum atomic E-state index is -0.368. The SMILES string of the molecule is CC1CCN(c2cc(N3CCC(C)CC3)c([N+](=O)[O-])cc2/C=C(\C#N)c2nn(CCO)c(N)c2C#N)CC1. The maximum atomic E-state index is 12.2. The molecule has 3 heterocycles. The van der Waals surface area contributed by atoms with E-state index < -0.39 is 0 Å². The lowest BCUT2D eigenvalue weighted by Crippen LogP contribution is -2.35. The van der Waals surface area contributed by atoms with Gasteiger partial charge < -0.3 is 20.6 Å². The molecule has 11 heteroatoms. The highest BCUT2D eigenvalue weighted by Gasteiger charge is 2.28. The highest BCUT2D eigenvalue weighted by Crippen LogP contribution is 2.40. The van der Waals surface area contributed by atoms with Crippen LogP contribution >= 0.6 is 0 Å². The van der Waals surface area contributed by atoms with Crippen molar-refractivity contribution in [1.29, 1.82) is 10.5 Å². The molecule has 0 saturated carbocycles. The number of aromatic nitrogens is 2. The predicted octanol–water partition coefficient (Wildman–Crippen LogP) is 3.77. The van der Waals surface area contributed by atoms with Crippen molar-refractivity contribution >= 4 is 34.5 Å². The van der Waals surface area contributed by atoms with Crippen LogP contribution in [-0.2, 0) is 6.54 Å². The van der Waals surface area contributed by atoms with E-state index >= 15 is 0 Å². The number of nitrogen functional groups attached to an aromatic ring is 1. The summed E-state index contributed by atoms with van der Waals surface area (Å²) >= 11 is 0. The molecular weight excluding hydrogens is 484 g/mol. The van der Waals surface area contributed by atoms with Gasteiger partial charge in [0.15, 0.2) is 0 Å². The van der Waals surface area contributed by atoms with Gasteiger partial charge in [0, 0.05) is 43.5 Å². The molecule has 0 amide bonds. The van der Waals surface area contributed by atoms with Crippen LogP contribution < -0.4 is 15.5 Å². The highest BCUT2D eigenvalue weighted by atomic mass is 16.6. The number of nitro groups is 1. The smallest absolute Gasteiger partial charge is 0.293 e. The fourth-order valence-corrected chi connectivity index (χ4v) is 5.22. The molecule has 2 aliphatic rings. The second-order valence-corrected chi connectivity index (χ2v) is 10.3. The van der Waals surface area contributed by atoms with E-state index in [2.05, 4.69) is 34.8 Å². The molecular formula is C27H34N8O3. The van der Waals surface area contributed by atoms with Gasteiger partial charge >= 0.3 is 0 Å². The van der Waals surface area contributed by atoms with E-state index in [1.165, 1.54) is 10.7 Å². The Hall–Kier alpha value is -4.09. The molecule has 2 aromatic rings. The van der Waals surface area contributed by atoms with E-state index in [4.69, 9.17) is 5.73 Å². The second kappa shape index (κ2) is 11.5. The van der Waals surface area contributed by atoms with Crippen molar-refractivity contribution in [3.8, 4) is 12.1 Å². The fraction of sp³-hybridized carbons (Fsp3) is 0.519. The van der Waals surface area contributed by atoms with E-state index in [0.29, 0.717) is 23.1 Å². The number of aliphatic hydroxyl groups is 1. The van der Waals surface area contributed by atoms with Crippen molar-refractivity contribution in [1.82, 2.24) is 9.78 Å². The molecule has 38 heavy (non-hydrogen) atoms. The maximum absolute atomic E-state index is 12.2. The van der Waals surface area contributed by atoms with Gasteiger partial charge in [-0.15, -0.1) is 0 Å². The molecule has 11 nitrogen and oxygen atoms in total. The van der Waals surface area contributed by atoms with Crippen LogP contribution in [0.25, 0.3) is 11.6 Å². The second-order valence-electron chi connectivity index (χ2n) is 10.3. The van der Waals surface area contributed by atoms with Crippen molar-refractivity contribution < 1.29 is 10.0 Å². The molecule has 0 unspecified atom stereocenters. The molecule has 2 saturated heterocycles. The number of hydrogen-bond acceptors (Lipinski definition) is 9. The van der Waals surface area contributed by atoms with Crippen molar-refractivity contribution in [2.24, 2.45) is 11.8 Å². The summed E-state index contributed by atoms with van der Waals surface area (Å²) in [5.74, 6) is 1.24. The Morgan fingerprint density at radius 3 is 2.21 bits per heavy atom. The van der Waals surface area contributed by atoms with E-state index in [1.54, 1.807) is 6.08 Å². The molecule has 2 aliphatic heterocycles. The number of nitrogens with two attached hydrogens (primary N) is 1. The lowest BCUT2D eigenvalue weighted by Gasteiger charge is -2.35. The van der Waals surface area contributed by atoms with Crippen LogP contribution in [0.5, 0.6) is 0 Å². The summed E-state index contributed by atoms with van der Waals surface area (Å²) in [7, 11) is 0. The number of allylic oxidation sites excluding steroid dienone is 1. The number of benzene rings is 1. The molecule has 0 bridgehead atoms. The summed E-state index contributed by atoms with van der Waals surface area (Å²) in [6, 6.07) is 7.55. The minimum Gasteiger partial charge on any atom is -0.394 e. The number of anilines is 3. The first-order valence-electron chi connectivity index (χ1n) is 13.1. The van der Waals surface area contributed by atoms with Crippen LogP contribution in [0.1, 0.15) is 56.4 Å². The lowest BCUT2D eigenvalue weighted by atomic mass is 9.95. The number of nitriles is 2. The van der Waals surface area contributed by atoms with Gasteiger partial charge in [-0.05, 0) is 49.7 Å². The minimum absolute atomic E-state index is 0.0111. The van der Waals surface area contributed by atoms with E-state index in [0.717, 1.165) is 57.5 Å². The van der Waals surface area contributed by atoms with Crippen LogP contribution in [-0.4, -0.2) is 52.6 Å². The molecule has 1 aromatic carbocycles. The van der Waals surface area contributed by atoms with Gasteiger partial charge in [0.1, 0.15) is 34.9 Å². The standard InChI is InChI=1S/C27H34N8O3/c1-18-3-7-32(8-4-18)23-15-24(33-9-5-19(2)6-10-33)25(35(37)38)14-20(23)13-21(16-28)26-22(17-29)27(30)34(31-26)11-12-36/h13-15,18-19,36H,3-12,30H2,1-2H3/b21-13+. The Bertz CT molecular complexity index is 1300. The van der Waals surface area contributed by atoms with Gasteiger partial charge in [-0.3, -0.25) is 10.1 Å². The van der Waals surface area contributed by atoms with Crippen molar-refractivity contribution in [3.05, 3.63) is 39.1 Å². The third-order valence-corrected chi connectivity index (χ3v) is 7.66. The molecule has 2 fully saturated rings. The number of nitrogens with zero attached hydrogens (tertiary/aromatic N) is 7. The van der Waals surface area contributed by atoms with Crippen LogP contribution in [0.3, 0.4) is 0 Å². The molecule has 0 aliphatic carbocycles. The number of piperidine rings is 2. The fourth-order valence-electron chi connectivity index (χ4n) is 5.22. The molecule has 0 radical (unpaired) electrons. The first kappa shape index (κ1) is 27.0. The van der Waals surface area contributed by atoms with Gasteiger partial charge in [0.25, 0.3) is 5.69 Å². The van der Waals surface area contributed by atoms with E-state index in [1.807, 2.05) is 12.1 Å². The first-order valence-corrected chi connectivity index (χ1v) is 13.1. The summed E-state index contributed by atoms with van der Waals surface area (Å²) in [4.78, 5) is 16.2. The molecule has 1 aromatic heterocycles. The van der Waals surface area contributed by atoms with Gasteiger partial charge in [-0.2, -0.15) is 15.6 Å². The summed E-state index contributed by atoms with van der Waals surface area (Å²) in [5.41, 5.74) is 8.19. The summed E-state index contributed by atoms with van der Waals surface area (Å²) < 4.78 is 1.29. The van der Waals surface area contributed by atoms with Gasteiger partial charge in [0.05, 0.1) is 23.6 Å². The molecule has 3 N–H and O–H groups in total. The zero-order chi connectivity index (χ0) is 27.4. The lowest BCUT2D eigenvalue weighted by molar-refractivity contribution is -0.384. The van der Waals surface area contributed by atoms with Gasteiger partial charge in [0.2, 0.25) is 0 Å². The van der Waals surface area contributed by atoms with Crippen LogP contribution in [0, 0.1) is 44.6 Å². The Morgan fingerprint density at radius 2 is 1.71 bits per heavy atom. The summed E-state index contributed by atoms with van der Waals surface area (Å²) in [5, 5.41) is 45.6. The predicted molar refractivity (Wildman–Crippen MR) is 146 cm³/mol. The van der Waals surface area contributed by atoms with Crippen LogP contribution in [0.4, 0.5) is 22.9 Å². The van der Waals surface area contributed by atoms with Gasteiger partial charge in [-0.1, -0.05) is 13.8 Å². The maximum Gasteiger partial charge on any atom is 0.293 e. The largest absolute Gasteiger partial charge is 0.394 e. The first-order chi connectivity index (χ1) is 18.3. The number of nitro benzene ring substituents is 1. The van der Waals surface area contributed by atoms with Crippen LogP contribution in [0.2, 0.25) is 0 Å². The average Bonchev–Trinajstić information content (AvgIpc) is 3.22. The number of rotatable bonds is 7. The quantitative estimate of drug-likeness (QED) is 0.316. The molecule has 200 valence electrons. The molecule has 0 spiro atoms. The number of hydrogen-bond donors (Lipinski definition) is 2. The Kier molecular flexibility index (Phi) is 8.18. The summed E-state index contributed by atoms with van der Waals surface area (Å²) in [6.45, 7) is 7.38. The van der Waals surface area contributed by atoms with Gasteiger partial charge in [-0.25, -0.2) is 4.68 Å². The van der Waals surface area contributed by atoms with Crippen LogP contribution in [0.15, 0.2) is 12.1 Å². The Morgan fingerprint density at radius 1 is 1.13 bits per heavy atom. The normalized spacial score (nSPS) is 17.3.